The number of carbonyl (C=O) groups is 3. The molecule has 6 heteroatoms. The van der Waals surface area contributed by atoms with Crippen molar-refractivity contribution in [3.8, 4) is 0 Å². The fraction of sp³-hybridized carbons (Fsp3) is 0.444. The molecular formula is C27H35N3O3. The Kier molecular flexibility index (Phi) is 9.95. The molecular weight excluding hydrogens is 414 g/mol. The van der Waals surface area contributed by atoms with Crippen LogP contribution in [0.2, 0.25) is 0 Å². The summed E-state index contributed by atoms with van der Waals surface area (Å²) in [4.78, 5) is 39.9. The Hall–Kier alpha value is -3.15. The molecule has 2 aromatic carbocycles. The van der Waals surface area contributed by atoms with Gasteiger partial charge in [0.25, 0.3) is 0 Å². The van der Waals surface area contributed by atoms with E-state index in [1.807, 2.05) is 48.5 Å². The summed E-state index contributed by atoms with van der Waals surface area (Å²) in [5, 5.41) is 5.77. The van der Waals surface area contributed by atoms with E-state index in [1.165, 1.54) is 5.56 Å². The molecule has 1 fully saturated rings. The first-order chi connectivity index (χ1) is 16.1. The van der Waals surface area contributed by atoms with Crippen molar-refractivity contribution in [1.29, 1.82) is 0 Å². The second kappa shape index (κ2) is 13.4. The summed E-state index contributed by atoms with van der Waals surface area (Å²) in [5.41, 5.74) is 2.14. The molecule has 0 bridgehead atoms. The first-order valence-corrected chi connectivity index (χ1v) is 12.1. The van der Waals surface area contributed by atoms with E-state index in [1.54, 1.807) is 4.90 Å². The minimum atomic E-state index is -0.341. The lowest BCUT2D eigenvalue weighted by molar-refractivity contribution is -0.136. The van der Waals surface area contributed by atoms with Gasteiger partial charge in [0.1, 0.15) is 0 Å². The number of amides is 3. The van der Waals surface area contributed by atoms with E-state index in [9.17, 15) is 14.4 Å². The zero-order chi connectivity index (χ0) is 23.3. The van der Waals surface area contributed by atoms with Crippen molar-refractivity contribution in [2.75, 3.05) is 19.6 Å². The Labute approximate surface area is 196 Å². The zero-order valence-corrected chi connectivity index (χ0v) is 19.3. The third-order valence-electron chi connectivity index (χ3n) is 6.06. The van der Waals surface area contributed by atoms with Crippen LogP contribution in [-0.4, -0.2) is 42.3 Å². The Morgan fingerprint density at radius 3 is 2.39 bits per heavy atom. The molecule has 0 aromatic heterocycles. The summed E-state index contributed by atoms with van der Waals surface area (Å²) in [6, 6.07) is 19.4. The lowest BCUT2D eigenvalue weighted by Crippen LogP contribution is -2.44. The number of rotatable bonds is 7. The number of carbonyl (C=O) groups excluding carboxylic acids is 3. The molecule has 176 valence electrons. The van der Waals surface area contributed by atoms with E-state index in [-0.39, 0.29) is 36.7 Å². The summed E-state index contributed by atoms with van der Waals surface area (Å²) in [6.45, 7) is 1.21. The molecule has 0 spiro atoms. The molecule has 1 unspecified atom stereocenters. The fourth-order valence-electron chi connectivity index (χ4n) is 4.24. The van der Waals surface area contributed by atoms with Gasteiger partial charge in [0, 0.05) is 19.5 Å². The third kappa shape index (κ3) is 8.37. The van der Waals surface area contributed by atoms with E-state index >= 15 is 0 Å². The SMILES string of the molecule is O=C(CCCc1ccccc1)NCC(=O)N1CCCCCCNC(=O)CC1c1ccccc1. The van der Waals surface area contributed by atoms with Gasteiger partial charge in [0.15, 0.2) is 0 Å². The largest absolute Gasteiger partial charge is 0.356 e. The second-order valence-corrected chi connectivity index (χ2v) is 8.60. The number of hydrogen-bond donors (Lipinski definition) is 2. The predicted molar refractivity (Wildman–Crippen MR) is 129 cm³/mol. The van der Waals surface area contributed by atoms with E-state index in [2.05, 4.69) is 22.8 Å². The lowest BCUT2D eigenvalue weighted by Gasteiger charge is -2.32. The average molecular weight is 450 g/mol. The third-order valence-corrected chi connectivity index (χ3v) is 6.06. The molecule has 1 aliphatic heterocycles. The Morgan fingerprint density at radius 2 is 1.64 bits per heavy atom. The van der Waals surface area contributed by atoms with Gasteiger partial charge in [-0.25, -0.2) is 0 Å². The Balaban J connectivity index is 1.60. The quantitative estimate of drug-likeness (QED) is 0.675. The first kappa shape index (κ1) is 24.5. The predicted octanol–water partition coefficient (Wildman–Crippen LogP) is 3.78. The second-order valence-electron chi connectivity index (χ2n) is 8.60. The van der Waals surface area contributed by atoms with Crippen molar-refractivity contribution in [2.45, 2.75) is 57.4 Å². The van der Waals surface area contributed by atoms with Crippen LogP contribution in [0.25, 0.3) is 0 Å². The maximum Gasteiger partial charge on any atom is 0.242 e. The number of nitrogens with zero attached hydrogens (tertiary/aromatic N) is 1. The normalized spacial score (nSPS) is 17.5. The highest BCUT2D eigenvalue weighted by molar-refractivity contribution is 5.85. The van der Waals surface area contributed by atoms with E-state index in [4.69, 9.17) is 0 Å². The molecule has 0 aliphatic carbocycles. The molecule has 33 heavy (non-hydrogen) atoms. The molecule has 2 aromatic rings. The molecule has 3 rings (SSSR count). The smallest absolute Gasteiger partial charge is 0.242 e. The first-order valence-electron chi connectivity index (χ1n) is 12.1. The van der Waals surface area contributed by atoms with Crippen molar-refractivity contribution in [1.82, 2.24) is 15.5 Å². The van der Waals surface area contributed by atoms with E-state index < -0.39 is 0 Å². The maximum absolute atomic E-state index is 13.2. The highest BCUT2D eigenvalue weighted by Gasteiger charge is 2.27. The van der Waals surface area contributed by atoms with Gasteiger partial charge in [0.05, 0.1) is 19.0 Å². The van der Waals surface area contributed by atoms with Gasteiger partial charge in [0.2, 0.25) is 17.7 Å². The molecule has 1 saturated heterocycles. The van der Waals surface area contributed by atoms with Crippen molar-refractivity contribution in [3.05, 3.63) is 71.8 Å². The van der Waals surface area contributed by atoms with Crippen molar-refractivity contribution >= 4 is 17.7 Å². The van der Waals surface area contributed by atoms with Crippen LogP contribution in [0.4, 0.5) is 0 Å². The van der Waals surface area contributed by atoms with Crippen molar-refractivity contribution in [2.24, 2.45) is 0 Å². The van der Waals surface area contributed by atoms with Crippen molar-refractivity contribution in [3.63, 3.8) is 0 Å². The molecule has 6 nitrogen and oxygen atoms in total. The lowest BCUT2D eigenvalue weighted by atomic mass is 10.0. The monoisotopic (exact) mass is 449 g/mol. The summed E-state index contributed by atoms with van der Waals surface area (Å²) < 4.78 is 0. The Morgan fingerprint density at radius 1 is 0.939 bits per heavy atom. The van der Waals surface area contributed by atoms with Gasteiger partial charge in [-0.05, 0) is 36.8 Å². The highest BCUT2D eigenvalue weighted by Crippen LogP contribution is 2.26. The van der Waals surface area contributed by atoms with Gasteiger partial charge in [-0.1, -0.05) is 73.5 Å². The highest BCUT2D eigenvalue weighted by atomic mass is 16.2. The zero-order valence-electron chi connectivity index (χ0n) is 19.3. The standard InChI is InChI=1S/C27H35N3O3/c31-25(17-11-14-22-12-5-3-6-13-22)29-21-27(33)30-19-10-2-1-9-18-28-26(32)20-24(30)23-15-7-4-8-16-23/h3-8,12-13,15-16,24H,1-2,9-11,14,17-21H2,(H,28,32)(H,29,31). The summed E-state index contributed by atoms with van der Waals surface area (Å²) in [6.07, 6.45) is 6.04. The minimum absolute atomic E-state index is 0.0465. The van der Waals surface area contributed by atoms with E-state index in [0.717, 1.165) is 44.1 Å². The maximum atomic E-state index is 13.2. The van der Waals surface area contributed by atoms with Gasteiger partial charge in [-0.2, -0.15) is 0 Å². The Bertz CT molecular complexity index is 886. The molecule has 1 heterocycles. The van der Waals surface area contributed by atoms with Gasteiger partial charge >= 0.3 is 0 Å². The summed E-state index contributed by atoms with van der Waals surface area (Å²) in [7, 11) is 0. The number of nitrogens with one attached hydrogen (secondary N) is 2. The summed E-state index contributed by atoms with van der Waals surface area (Å²) in [5.74, 6) is -0.313. The molecule has 1 atom stereocenters. The van der Waals surface area contributed by atoms with Crippen LogP contribution in [0, 0.1) is 0 Å². The molecule has 1 aliphatic rings. The van der Waals surface area contributed by atoms with Gasteiger partial charge in [-0.3, -0.25) is 14.4 Å². The number of benzene rings is 2. The number of hydrogen-bond acceptors (Lipinski definition) is 3. The van der Waals surface area contributed by atoms with Crippen LogP contribution in [-0.2, 0) is 20.8 Å². The number of aryl methyl sites for hydroxylation is 1. The molecule has 3 amide bonds. The van der Waals surface area contributed by atoms with Crippen LogP contribution in [0.15, 0.2) is 60.7 Å². The van der Waals surface area contributed by atoms with Crippen LogP contribution >= 0.6 is 0 Å². The molecule has 0 radical (unpaired) electrons. The topological polar surface area (TPSA) is 78.5 Å². The van der Waals surface area contributed by atoms with Gasteiger partial charge in [-0.15, -0.1) is 0 Å². The van der Waals surface area contributed by atoms with Crippen LogP contribution in [0.1, 0.15) is 62.1 Å². The molecule has 0 saturated carbocycles. The van der Waals surface area contributed by atoms with E-state index in [0.29, 0.717) is 19.5 Å². The molecule has 2 N–H and O–H groups in total. The van der Waals surface area contributed by atoms with Crippen LogP contribution < -0.4 is 10.6 Å². The van der Waals surface area contributed by atoms with Crippen LogP contribution in [0.5, 0.6) is 0 Å². The van der Waals surface area contributed by atoms with Crippen LogP contribution in [0.3, 0.4) is 0 Å². The average Bonchev–Trinajstić information content (AvgIpc) is 2.88. The minimum Gasteiger partial charge on any atom is -0.356 e. The fourth-order valence-corrected chi connectivity index (χ4v) is 4.24. The summed E-state index contributed by atoms with van der Waals surface area (Å²) >= 11 is 0. The van der Waals surface area contributed by atoms with Gasteiger partial charge < -0.3 is 15.5 Å². The van der Waals surface area contributed by atoms with Crippen molar-refractivity contribution < 1.29 is 14.4 Å².